The quantitative estimate of drug-likeness (QED) is 0.598. The summed E-state index contributed by atoms with van der Waals surface area (Å²) >= 11 is 0. The van der Waals surface area contributed by atoms with Crippen molar-refractivity contribution in [2.24, 2.45) is 0 Å². The Hall–Kier alpha value is -2.85. The lowest BCUT2D eigenvalue weighted by atomic mass is 9.87. The second kappa shape index (κ2) is 8.44. The minimum atomic E-state index is -0.144. The Labute approximate surface area is 166 Å². The van der Waals surface area contributed by atoms with E-state index in [1.807, 2.05) is 42.6 Å². The fraction of sp³-hybridized carbons (Fsp3) is 0.292. The van der Waals surface area contributed by atoms with Gasteiger partial charge in [0.15, 0.2) is 0 Å². The normalized spacial score (nSPS) is 12.0. The van der Waals surface area contributed by atoms with Crippen LogP contribution in [-0.4, -0.2) is 24.2 Å². The van der Waals surface area contributed by atoms with E-state index in [1.54, 1.807) is 13.2 Å². The van der Waals surface area contributed by atoms with Crippen molar-refractivity contribution >= 4 is 28.6 Å². The van der Waals surface area contributed by atoms with Crippen molar-refractivity contribution in [3.05, 3.63) is 71.9 Å². The lowest BCUT2D eigenvalue weighted by molar-refractivity contribution is -0.111. The summed E-state index contributed by atoms with van der Waals surface area (Å²) in [5.41, 5.74) is 4.27. The van der Waals surface area contributed by atoms with Gasteiger partial charge in [-0.1, -0.05) is 51.1 Å². The average molecular weight is 377 g/mol. The molecule has 0 radical (unpaired) electrons. The van der Waals surface area contributed by atoms with Crippen molar-refractivity contribution in [3.8, 4) is 0 Å². The monoisotopic (exact) mass is 376 g/mol. The van der Waals surface area contributed by atoms with Crippen LogP contribution in [0.25, 0.3) is 17.0 Å². The first-order valence-corrected chi connectivity index (χ1v) is 9.54. The van der Waals surface area contributed by atoms with Gasteiger partial charge in [0, 0.05) is 31.6 Å². The molecule has 3 rings (SSSR count). The molecule has 0 spiro atoms. The number of carbonyl (C=O) groups is 1. The lowest BCUT2D eigenvalue weighted by Crippen LogP contribution is -2.10. The van der Waals surface area contributed by atoms with E-state index in [1.165, 1.54) is 5.56 Å². The number of hydrogen-bond donors (Lipinski definition) is 1. The number of rotatable bonds is 6. The molecule has 0 unspecified atom stereocenters. The van der Waals surface area contributed by atoms with Crippen molar-refractivity contribution in [3.63, 3.8) is 0 Å². The molecule has 1 heterocycles. The van der Waals surface area contributed by atoms with Gasteiger partial charge in [-0.2, -0.15) is 0 Å². The van der Waals surface area contributed by atoms with Crippen LogP contribution in [0.4, 0.5) is 5.69 Å². The second-order valence-electron chi connectivity index (χ2n) is 7.97. The summed E-state index contributed by atoms with van der Waals surface area (Å²) in [6.45, 7) is 7.99. The third kappa shape index (κ3) is 4.90. The van der Waals surface area contributed by atoms with Gasteiger partial charge in [0.2, 0.25) is 5.91 Å². The van der Waals surface area contributed by atoms with Crippen molar-refractivity contribution in [2.45, 2.75) is 32.7 Å². The molecule has 3 aromatic rings. The number of aromatic nitrogens is 1. The van der Waals surface area contributed by atoms with Gasteiger partial charge in [-0.05, 0) is 46.2 Å². The highest BCUT2D eigenvalue weighted by Crippen LogP contribution is 2.23. The van der Waals surface area contributed by atoms with Gasteiger partial charge in [0.1, 0.15) is 0 Å². The number of methoxy groups -OCH3 is 1. The van der Waals surface area contributed by atoms with Crippen LogP contribution in [0.15, 0.2) is 60.8 Å². The van der Waals surface area contributed by atoms with Gasteiger partial charge in [0.25, 0.3) is 0 Å². The van der Waals surface area contributed by atoms with Gasteiger partial charge in [-0.25, -0.2) is 0 Å². The summed E-state index contributed by atoms with van der Waals surface area (Å²) in [5, 5.41) is 4.08. The summed E-state index contributed by atoms with van der Waals surface area (Å²) in [6.07, 6.45) is 5.44. The van der Waals surface area contributed by atoms with Crippen LogP contribution in [0.3, 0.4) is 0 Å². The molecule has 0 saturated heterocycles. The number of benzene rings is 2. The Balaban J connectivity index is 1.68. The number of anilines is 1. The van der Waals surface area contributed by atoms with Crippen LogP contribution in [0, 0.1) is 0 Å². The maximum absolute atomic E-state index is 12.3. The smallest absolute Gasteiger partial charge is 0.248 e. The van der Waals surface area contributed by atoms with Crippen molar-refractivity contribution in [1.82, 2.24) is 4.57 Å². The lowest BCUT2D eigenvalue weighted by Gasteiger charge is -2.18. The SMILES string of the molecule is COCCn1ccc2ccc(NC(=O)C=Cc3ccc(C(C)(C)C)cc3)cc21. The van der Waals surface area contributed by atoms with Gasteiger partial charge >= 0.3 is 0 Å². The predicted molar refractivity (Wildman–Crippen MR) is 117 cm³/mol. The van der Waals surface area contributed by atoms with Crippen LogP contribution in [0.2, 0.25) is 0 Å². The van der Waals surface area contributed by atoms with Crippen LogP contribution >= 0.6 is 0 Å². The first-order valence-electron chi connectivity index (χ1n) is 9.54. The van der Waals surface area contributed by atoms with Gasteiger partial charge in [-0.3, -0.25) is 4.79 Å². The topological polar surface area (TPSA) is 43.3 Å². The molecule has 0 aliphatic heterocycles. The Morgan fingerprint density at radius 1 is 1.11 bits per heavy atom. The summed E-state index contributed by atoms with van der Waals surface area (Å²) < 4.78 is 7.29. The van der Waals surface area contributed by atoms with Crippen molar-refractivity contribution in [2.75, 3.05) is 19.0 Å². The molecule has 146 valence electrons. The number of amides is 1. The van der Waals surface area contributed by atoms with E-state index in [4.69, 9.17) is 4.74 Å². The number of ether oxygens (including phenoxy) is 1. The molecule has 0 aliphatic rings. The second-order valence-corrected chi connectivity index (χ2v) is 7.97. The van der Waals surface area contributed by atoms with Crippen LogP contribution in [-0.2, 0) is 21.5 Å². The molecule has 28 heavy (non-hydrogen) atoms. The molecule has 4 nitrogen and oxygen atoms in total. The zero-order chi connectivity index (χ0) is 20.1. The van der Waals surface area contributed by atoms with Crippen LogP contribution in [0.1, 0.15) is 31.9 Å². The van der Waals surface area contributed by atoms with Gasteiger partial charge < -0.3 is 14.6 Å². The number of nitrogens with zero attached hydrogens (tertiary/aromatic N) is 1. The Morgan fingerprint density at radius 2 is 1.86 bits per heavy atom. The fourth-order valence-electron chi connectivity index (χ4n) is 3.10. The molecule has 0 fully saturated rings. The Bertz CT molecular complexity index is 976. The molecule has 1 aromatic heterocycles. The molecule has 0 bridgehead atoms. The Kier molecular flexibility index (Phi) is 6.00. The van der Waals surface area contributed by atoms with E-state index in [2.05, 4.69) is 48.9 Å². The number of hydrogen-bond acceptors (Lipinski definition) is 2. The zero-order valence-corrected chi connectivity index (χ0v) is 17.0. The average Bonchev–Trinajstić information content (AvgIpc) is 3.06. The molecule has 1 N–H and O–H groups in total. The number of fused-ring (bicyclic) bond motifs is 1. The van der Waals surface area contributed by atoms with E-state index in [-0.39, 0.29) is 11.3 Å². The highest BCUT2D eigenvalue weighted by Gasteiger charge is 2.12. The van der Waals surface area contributed by atoms with E-state index < -0.39 is 0 Å². The van der Waals surface area contributed by atoms with E-state index in [9.17, 15) is 4.79 Å². The molecule has 4 heteroatoms. The summed E-state index contributed by atoms with van der Waals surface area (Å²) in [6, 6.07) is 16.3. The predicted octanol–water partition coefficient (Wildman–Crippen LogP) is 5.24. The third-order valence-corrected chi connectivity index (χ3v) is 4.78. The van der Waals surface area contributed by atoms with Gasteiger partial charge in [0.05, 0.1) is 12.1 Å². The molecule has 0 atom stereocenters. The minimum absolute atomic E-state index is 0.124. The summed E-state index contributed by atoms with van der Waals surface area (Å²) in [7, 11) is 1.69. The van der Waals surface area contributed by atoms with Crippen LogP contribution < -0.4 is 5.32 Å². The largest absolute Gasteiger partial charge is 0.383 e. The number of nitrogens with one attached hydrogen (secondary N) is 1. The van der Waals surface area contributed by atoms with Crippen molar-refractivity contribution < 1.29 is 9.53 Å². The standard InChI is InChI=1S/C24H28N2O2/c1-24(2,3)20-9-5-18(6-10-20)7-12-23(27)25-21-11-8-19-13-14-26(15-16-28-4)22(19)17-21/h5-14,17H,15-16H2,1-4H3,(H,25,27). The third-order valence-electron chi connectivity index (χ3n) is 4.78. The molecule has 1 amide bonds. The molecule has 2 aromatic carbocycles. The summed E-state index contributed by atoms with van der Waals surface area (Å²) in [4.78, 5) is 12.3. The molecule has 0 saturated carbocycles. The van der Waals surface area contributed by atoms with Gasteiger partial charge in [-0.15, -0.1) is 0 Å². The highest BCUT2D eigenvalue weighted by atomic mass is 16.5. The van der Waals surface area contributed by atoms with E-state index >= 15 is 0 Å². The molecular weight excluding hydrogens is 348 g/mol. The van der Waals surface area contributed by atoms with Crippen molar-refractivity contribution in [1.29, 1.82) is 0 Å². The fourth-order valence-corrected chi connectivity index (χ4v) is 3.10. The Morgan fingerprint density at radius 3 is 2.54 bits per heavy atom. The minimum Gasteiger partial charge on any atom is -0.383 e. The number of carbonyl (C=O) groups excluding carboxylic acids is 1. The van der Waals surface area contributed by atoms with E-state index in [0.717, 1.165) is 28.7 Å². The zero-order valence-electron chi connectivity index (χ0n) is 17.0. The first kappa shape index (κ1) is 19.9. The summed E-state index contributed by atoms with van der Waals surface area (Å²) in [5.74, 6) is -0.144. The molecular formula is C24H28N2O2. The maximum atomic E-state index is 12.3. The van der Waals surface area contributed by atoms with E-state index in [0.29, 0.717) is 6.61 Å². The first-order chi connectivity index (χ1) is 13.4. The maximum Gasteiger partial charge on any atom is 0.248 e. The van der Waals surface area contributed by atoms with Crippen LogP contribution in [0.5, 0.6) is 0 Å². The molecule has 0 aliphatic carbocycles. The highest BCUT2D eigenvalue weighted by molar-refractivity contribution is 6.02.